The monoisotopic (exact) mass is 393 g/mol. The van der Waals surface area contributed by atoms with Crippen molar-refractivity contribution in [2.75, 3.05) is 17.1 Å². The van der Waals surface area contributed by atoms with E-state index in [0.717, 1.165) is 47.5 Å². The number of hydrazone groups is 1. The van der Waals surface area contributed by atoms with Gasteiger partial charge in [-0.1, -0.05) is 32.9 Å². The molecular formula is C20H31N3O3S. The van der Waals surface area contributed by atoms with Crippen molar-refractivity contribution in [2.24, 2.45) is 16.4 Å². The predicted molar refractivity (Wildman–Crippen MR) is 110 cm³/mol. The van der Waals surface area contributed by atoms with Gasteiger partial charge in [-0.25, -0.2) is 13.8 Å². The lowest BCUT2D eigenvalue weighted by atomic mass is 9.72. The highest BCUT2D eigenvalue weighted by Gasteiger charge is 2.28. The fourth-order valence-corrected chi connectivity index (χ4v) is 4.27. The van der Waals surface area contributed by atoms with E-state index in [1.165, 1.54) is 0 Å². The lowest BCUT2D eigenvalue weighted by Crippen LogP contribution is -2.39. The van der Waals surface area contributed by atoms with Gasteiger partial charge in [0.2, 0.25) is 10.0 Å². The maximum absolute atomic E-state index is 12.3. The van der Waals surface area contributed by atoms with Gasteiger partial charge in [0.05, 0.1) is 11.9 Å². The molecule has 1 aromatic carbocycles. The summed E-state index contributed by atoms with van der Waals surface area (Å²) in [6.07, 6.45) is 4.97. The zero-order valence-corrected chi connectivity index (χ0v) is 17.8. The van der Waals surface area contributed by atoms with Gasteiger partial charge in [0, 0.05) is 5.71 Å². The molecule has 0 bridgehead atoms. The van der Waals surface area contributed by atoms with Crippen LogP contribution < -0.4 is 9.73 Å². The third kappa shape index (κ3) is 6.34. The Hall–Kier alpha value is -1.89. The van der Waals surface area contributed by atoms with Crippen molar-refractivity contribution in [1.29, 1.82) is 0 Å². The molecule has 150 valence electrons. The van der Waals surface area contributed by atoms with Crippen LogP contribution in [0.15, 0.2) is 29.4 Å². The van der Waals surface area contributed by atoms with Gasteiger partial charge < -0.3 is 0 Å². The van der Waals surface area contributed by atoms with E-state index in [1.54, 1.807) is 18.2 Å². The van der Waals surface area contributed by atoms with E-state index >= 15 is 0 Å². The Kier molecular flexibility index (Phi) is 6.68. The summed E-state index contributed by atoms with van der Waals surface area (Å²) in [6, 6.07) is 7.08. The van der Waals surface area contributed by atoms with Gasteiger partial charge in [0.15, 0.2) is 0 Å². The van der Waals surface area contributed by atoms with Crippen molar-refractivity contribution in [2.45, 2.75) is 53.4 Å². The number of hydrogen-bond donors (Lipinski definition) is 1. The molecule has 1 saturated carbocycles. The van der Waals surface area contributed by atoms with Crippen molar-refractivity contribution in [3.63, 3.8) is 0 Å². The molecule has 1 fully saturated rings. The summed E-state index contributed by atoms with van der Waals surface area (Å²) in [7, 11) is -3.57. The van der Waals surface area contributed by atoms with Crippen LogP contribution in [0.5, 0.6) is 0 Å². The van der Waals surface area contributed by atoms with Crippen LogP contribution in [0.4, 0.5) is 5.69 Å². The number of nitrogens with zero attached hydrogens (tertiary/aromatic N) is 2. The number of benzene rings is 1. The Balaban J connectivity index is 1.99. The number of aryl methyl sites for hydroxylation is 1. The van der Waals surface area contributed by atoms with E-state index in [4.69, 9.17) is 0 Å². The van der Waals surface area contributed by atoms with Crippen molar-refractivity contribution in [3.8, 4) is 0 Å². The average molecular weight is 394 g/mol. The Morgan fingerprint density at radius 3 is 2.41 bits per heavy atom. The number of anilines is 1. The molecule has 1 aliphatic rings. The molecule has 0 radical (unpaired) electrons. The minimum Gasteiger partial charge on any atom is -0.271 e. The summed E-state index contributed by atoms with van der Waals surface area (Å²) in [5.41, 5.74) is 5.21. The van der Waals surface area contributed by atoms with E-state index in [9.17, 15) is 13.2 Å². The zero-order valence-electron chi connectivity index (χ0n) is 16.9. The van der Waals surface area contributed by atoms with Gasteiger partial charge in [-0.3, -0.25) is 9.10 Å². The highest BCUT2D eigenvalue weighted by Crippen LogP contribution is 2.36. The summed E-state index contributed by atoms with van der Waals surface area (Å²) in [5.74, 6) is 0.224. The highest BCUT2D eigenvalue weighted by atomic mass is 32.2. The van der Waals surface area contributed by atoms with Crippen LogP contribution in [0, 0.1) is 18.3 Å². The quantitative estimate of drug-likeness (QED) is 0.778. The highest BCUT2D eigenvalue weighted by molar-refractivity contribution is 7.92. The third-order valence-corrected chi connectivity index (χ3v) is 6.24. The molecule has 0 unspecified atom stereocenters. The minimum absolute atomic E-state index is 0.288. The predicted octanol–water partition coefficient (Wildman–Crippen LogP) is 3.47. The fourth-order valence-electron chi connectivity index (χ4n) is 3.42. The van der Waals surface area contributed by atoms with Crippen LogP contribution in [0.1, 0.15) is 52.0 Å². The molecule has 1 aliphatic carbocycles. The van der Waals surface area contributed by atoms with Crippen molar-refractivity contribution in [3.05, 3.63) is 29.8 Å². The summed E-state index contributed by atoms with van der Waals surface area (Å²) >= 11 is 0. The zero-order chi connectivity index (χ0) is 20.2. The smallest absolute Gasteiger partial charge is 0.260 e. The van der Waals surface area contributed by atoms with Gasteiger partial charge in [0.1, 0.15) is 6.54 Å². The first kappa shape index (κ1) is 21.4. The van der Waals surface area contributed by atoms with Crippen molar-refractivity contribution in [1.82, 2.24) is 5.43 Å². The molecule has 27 heavy (non-hydrogen) atoms. The van der Waals surface area contributed by atoms with Gasteiger partial charge in [-0.2, -0.15) is 5.10 Å². The number of sulfonamides is 1. The minimum atomic E-state index is -3.57. The lowest BCUT2D eigenvalue weighted by molar-refractivity contribution is -0.119. The molecule has 2 rings (SSSR count). The summed E-state index contributed by atoms with van der Waals surface area (Å²) in [6.45, 7) is 8.36. The molecule has 0 heterocycles. The van der Waals surface area contributed by atoms with E-state index < -0.39 is 15.9 Å². The molecule has 1 N–H and O–H groups in total. The number of hydrogen-bond acceptors (Lipinski definition) is 4. The SMILES string of the molecule is Cc1cccc(N(CC(=O)NN=C2CCC(C(C)(C)C)CC2)S(C)(=O)=O)c1. The average Bonchev–Trinajstić information content (AvgIpc) is 2.56. The van der Waals surface area contributed by atoms with Crippen molar-refractivity contribution >= 4 is 27.3 Å². The van der Waals surface area contributed by atoms with Crippen LogP contribution in [-0.4, -0.2) is 32.8 Å². The molecule has 7 heteroatoms. The van der Waals surface area contributed by atoms with Gasteiger partial charge in [-0.15, -0.1) is 0 Å². The molecule has 6 nitrogen and oxygen atoms in total. The van der Waals surface area contributed by atoms with Gasteiger partial charge >= 0.3 is 0 Å². The molecule has 0 aromatic heterocycles. The van der Waals surface area contributed by atoms with Crippen LogP contribution in [0.3, 0.4) is 0 Å². The van der Waals surface area contributed by atoms with Crippen LogP contribution in [0.25, 0.3) is 0 Å². The van der Waals surface area contributed by atoms with Gasteiger partial charge in [-0.05, 0) is 61.6 Å². The number of amides is 1. The van der Waals surface area contributed by atoms with E-state index in [2.05, 4.69) is 31.3 Å². The van der Waals surface area contributed by atoms with E-state index in [1.807, 2.05) is 13.0 Å². The maximum atomic E-state index is 12.3. The first-order valence-electron chi connectivity index (χ1n) is 9.35. The fraction of sp³-hybridized carbons (Fsp3) is 0.600. The van der Waals surface area contributed by atoms with Crippen LogP contribution >= 0.6 is 0 Å². The summed E-state index contributed by atoms with van der Waals surface area (Å²) < 4.78 is 25.4. The molecule has 1 amide bonds. The standard InChI is InChI=1S/C20H31N3O3S/c1-15-7-6-8-18(13-15)23(27(5,25)26)14-19(24)22-21-17-11-9-16(10-12-17)20(2,3)4/h6-8,13,16H,9-12,14H2,1-5H3,(H,22,24). The third-order valence-electron chi connectivity index (χ3n) is 5.10. The normalized spacial score (nSPS) is 18.1. The molecule has 0 atom stereocenters. The second-order valence-electron chi connectivity index (χ2n) is 8.46. The van der Waals surface area contributed by atoms with Crippen LogP contribution in [0.2, 0.25) is 0 Å². The van der Waals surface area contributed by atoms with Crippen LogP contribution in [-0.2, 0) is 14.8 Å². The number of carbonyl (C=O) groups excluding carboxylic acids is 1. The summed E-state index contributed by atoms with van der Waals surface area (Å²) in [5, 5.41) is 4.24. The molecule has 0 aliphatic heterocycles. The lowest BCUT2D eigenvalue weighted by Gasteiger charge is -2.34. The second kappa shape index (κ2) is 8.42. The Bertz CT molecular complexity index is 800. The first-order chi connectivity index (χ1) is 12.5. The largest absolute Gasteiger partial charge is 0.271 e. The Morgan fingerprint density at radius 1 is 1.26 bits per heavy atom. The number of rotatable bonds is 5. The Labute approximate surface area is 163 Å². The van der Waals surface area contributed by atoms with Gasteiger partial charge in [0.25, 0.3) is 5.91 Å². The van der Waals surface area contributed by atoms with E-state index in [-0.39, 0.29) is 6.54 Å². The Morgan fingerprint density at radius 2 is 1.89 bits per heavy atom. The summed E-state index contributed by atoms with van der Waals surface area (Å²) in [4.78, 5) is 12.3. The maximum Gasteiger partial charge on any atom is 0.260 e. The van der Waals surface area contributed by atoms with Crippen molar-refractivity contribution < 1.29 is 13.2 Å². The topological polar surface area (TPSA) is 78.8 Å². The number of carbonyl (C=O) groups is 1. The molecule has 0 spiro atoms. The molecular weight excluding hydrogens is 362 g/mol. The van der Waals surface area contributed by atoms with E-state index in [0.29, 0.717) is 17.0 Å². The first-order valence-corrected chi connectivity index (χ1v) is 11.2. The number of nitrogens with one attached hydrogen (secondary N) is 1. The second-order valence-corrected chi connectivity index (χ2v) is 10.4. The molecule has 1 aromatic rings. The molecule has 0 saturated heterocycles.